The topological polar surface area (TPSA) is 64.9 Å². The van der Waals surface area contributed by atoms with Crippen LogP contribution in [-0.2, 0) is 13.0 Å². The fourth-order valence-corrected chi connectivity index (χ4v) is 2.75. The van der Waals surface area contributed by atoms with Gasteiger partial charge in [-0.15, -0.1) is 5.10 Å². The number of hydrogen-bond donors (Lipinski definition) is 1. The Hall–Kier alpha value is -1.60. The lowest BCUT2D eigenvalue weighted by molar-refractivity contribution is 0.414. The van der Waals surface area contributed by atoms with Gasteiger partial charge in [0.05, 0.1) is 13.7 Å². The summed E-state index contributed by atoms with van der Waals surface area (Å²) in [7, 11) is 1.68. The van der Waals surface area contributed by atoms with E-state index in [1.807, 2.05) is 16.8 Å². The van der Waals surface area contributed by atoms with Crippen molar-refractivity contribution in [1.82, 2.24) is 25.5 Å². The maximum Gasteiger partial charge on any atom is 0.209 e. The standard InChI is InChI=1S/C14H21N5OS/c1-3-15-9-10-19-14(16-17-18-19)21-11-8-12-4-6-13(20-2)7-5-12/h4-7,15H,3,8-11H2,1-2H3. The van der Waals surface area contributed by atoms with Gasteiger partial charge in [-0.25, -0.2) is 4.68 Å². The van der Waals surface area contributed by atoms with E-state index in [2.05, 4.69) is 39.9 Å². The number of methoxy groups -OCH3 is 1. The molecule has 0 spiro atoms. The molecule has 0 unspecified atom stereocenters. The summed E-state index contributed by atoms with van der Waals surface area (Å²) in [5.41, 5.74) is 1.29. The van der Waals surface area contributed by atoms with Crippen molar-refractivity contribution < 1.29 is 4.74 Å². The number of rotatable bonds is 9. The van der Waals surface area contributed by atoms with E-state index in [4.69, 9.17) is 4.74 Å². The average Bonchev–Trinajstić information content (AvgIpc) is 2.96. The Balaban J connectivity index is 1.78. The molecule has 0 aliphatic carbocycles. The highest BCUT2D eigenvalue weighted by atomic mass is 32.2. The van der Waals surface area contributed by atoms with E-state index in [-0.39, 0.29) is 0 Å². The number of ether oxygens (including phenoxy) is 1. The summed E-state index contributed by atoms with van der Waals surface area (Å²) < 4.78 is 7.00. The number of thioether (sulfide) groups is 1. The lowest BCUT2D eigenvalue weighted by atomic mass is 10.2. The summed E-state index contributed by atoms with van der Waals surface area (Å²) in [6.07, 6.45) is 0.981. The number of benzene rings is 1. The molecule has 6 nitrogen and oxygen atoms in total. The Bertz CT molecular complexity index is 528. The molecule has 0 saturated carbocycles. The van der Waals surface area contributed by atoms with E-state index >= 15 is 0 Å². The third-order valence-electron chi connectivity index (χ3n) is 3.03. The second kappa shape index (κ2) is 8.63. The normalized spacial score (nSPS) is 10.8. The number of nitrogens with zero attached hydrogens (tertiary/aromatic N) is 4. The molecule has 0 bridgehead atoms. The molecule has 2 rings (SSSR count). The van der Waals surface area contributed by atoms with E-state index in [1.165, 1.54) is 5.56 Å². The van der Waals surface area contributed by atoms with Crippen molar-refractivity contribution in [3.8, 4) is 5.75 Å². The zero-order valence-electron chi connectivity index (χ0n) is 12.5. The smallest absolute Gasteiger partial charge is 0.209 e. The minimum Gasteiger partial charge on any atom is -0.497 e. The number of tetrazole rings is 1. The van der Waals surface area contributed by atoms with Crippen LogP contribution in [0.1, 0.15) is 12.5 Å². The molecule has 0 amide bonds. The van der Waals surface area contributed by atoms with Crippen LogP contribution in [0.2, 0.25) is 0 Å². The number of nitrogens with one attached hydrogen (secondary N) is 1. The molecule has 114 valence electrons. The van der Waals surface area contributed by atoms with Gasteiger partial charge in [0.25, 0.3) is 0 Å². The summed E-state index contributed by atoms with van der Waals surface area (Å²) in [5, 5.41) is 16.0. The fourth-order valence-electron chi connectivity index (χ4n) is 1.85. The highest BCUT2D eigenvalue weighted by molar-refractivity contribution is 7.99. The van der Waals surface area contributed by atoms with Gasteiger partial charge in [0.15, 0.2) is 0 Å². The Morgan fingerprint density at radius 1 is 1.29 bits per heavy atom. The van der Waals surface area contributed by atoms with Gasteiger partial charge in [-0.2, -0.15) is 0 Å². The highest BCUT2D eigenvalue weighted by Crippen LogP contribution is 2.17. The van der Waals surface area contributed by atoms with Crippen molar-refractivity contribution >= 4 is 11.8 Å². The molecule has 7 heteroatoms. The molecule has 0 atom stereocenters. The largest absolute Gasteiger partial charge is 0.497 e. The quantitative estimate of drug-likeness (QED) is 0.561. The highest BCUT2D eigenvalue weighted by Gasteiger charge is 2.06. The summed E-state index contributed by atoms with van der Waals surface area (Å²) >= 11 is 1.68. The predicted octanol–water partition coefficient (Wildman–Crippen LogP) is 1.63. The van der Waals surface area contributed by atoms with Gasteiger partial charge >= 0.3 is 0 Å². The third-order valence-corrected chi connectivity index (χ3v) is 3.99. The van der Waals surface area contributed by atoms with Crippen molar-refractivity contribution in [1.29, 1.82) is 0 Å². The molecular weight excluding hydrogens is 286 g/mol. The van der Waals surface area contributed by atoms with Crippen molar-refractivity contribution in [2.75, 3.05) is 26.0 Å². The first-order chi connectivity index (χ1) is 10.3. The van der Waals surface area contributed by atoms with Gasteiger partial charge in [0.1, 0.15) is 5.75 Å². The minimum absolute atomic E-state index is 0.797. The van der Waals surface area contributed by atoms with Crippen molar-refractivity contribution in [2.24, 2.45) is 0 Å². The average molecular weight is 307 g/mol. The van der Waals surface area contributed by atoms with E-state index in [0.717, 1.165) is 42.7 Å². The maximum absolute atomic E-state index is 5.15. The molecule has 1 N–H and O–H groups in total. The van der Waals surface area contributed by atoms with Crippen LogP contribution in [0.25, 0.3) is 0 Å². The predicted molar refractivity (Wildman–Crippen MR) is 83.8 cm³/mol. The molecule has 1 aromatic heterocycles. The molecule has 21 heavy (non-hydrogen) atoms. The third kappa shape index (κ3) is 5.02. The van der Waals surface area contributed by atoms with Crippen molar-refractivity contribution in [2.45, 2.75) is 25.0 Å². The van der Waals surface area contributed by atoms with E-state index < -0.39 is 0 Å². The summed E-state index contributed by atoms with van der Waals surface area (Å²) in [5.74, 6) is 1.84. The lowest BCUT2D eigenvalue weighted by Gasteiger charge is -2.05. The van der Waals surface area contributed by atoms with Gasteiger partial charge in [-0.3, -0.25) is 0 Å². The maximum atomic E-state index is 5.15. The van der Waals surface area contributed by atoms with Crippen LogP contribution in [-0.4, -0.2) is 46.2 Å². The van der Waals surface area contributed by atoms with Gasteiger partial charge in [0.2, 0.25) is 5.16 Å². The Morgan fingerprint density at radius 2 is 2.10 bits per heavy atom. The van der Waals surface area contributed by atoms with E-state index in [0.29, 0.717) is 0 Å². The lowest BCUT2D eigenvalue weighted by Crippen LogP contribution is -2.20. The minimum atomic E-state index is 0.797. The molecule has 0 aliphatic heterocycles. The first kappa shape index (κ1) is 15.8. The van der Waals surface area contributed by atoms with Crippen LogP contribution in [0, 0.1) is 0 Å². The SMILES string of the molecule is CCNCCn1nnnc1SCCc1ccc(OC)cc1. The molecule has 0 fully saturated rings. The van der Waals surface area contributed by atoms with Gasteiger partial charge < -0.3 is 10.1 Å². The zero-order chi connectivity index (χ0) is 14.9. The van der Waals surface area contributed by atoms with Gasteiger partial charge in [0, 0.05) is 12.3 Å². The van der Waals surface area contributed by atoms with Gasteiger partial charge in [-0.05, 0) is 41.1 Å². The fraction of sp³-hybridized carbons (Fsp3) is 0.500. The van der Waals surface area contributed by atoms with E-state index in [1.54, 1.807) is 18.9 Å². The number of hydrogen-bond acceptors (Lipinski definition) is 6. The number of aryl methyl sites for hydroxylation is 1. The Morgan fingerprint density at radius 3 is 2.81 bits per heavy atom. The van der Waals surface area contributed by atoms with Crippen LogP contribution in [0.4, 0.5) is 0 Å². The van der Waals surface area contributed by atoms with Crippen LogP contribution in [0.3, 0.4) is 0 Å². The molecule has 2 aromatic rings. The Labute approximate surface area is 129 Å². The summed E-state index contributed by atoms with van der Waals surface area (Å²) in [4.78, 5) is 0. The summed E-state index contributed by atoms with van der Waals surface area (Å²) in [6.45, 7) is 4.73. The Kier molecular flexibility index (Phi) is 6.49. The molecule has 0 aliphatic rings. The van der Waals surface area contributed by atoms with Crippen LogP contribution in [0.5, 0.6) is 5.75 Å². The van der Waals surface area contributed by atoms with Crippen LogP contribution in [0.15, 0.2) is 29.4 Å². The number of likely N-dealkylation sites (N-methyl/N-ethyl adjacent to an activating group) is 1. The van der Waals surface area contributed by atoms with Crippen molar-refractivity contribution in [3.63, 3.8) is 0 Å². The molecular formula is C14H21N5OS. The second-order valence-corrected chi connectivity index (χ2v) is 5.55. The van der Waals surface area contributed by atoms with Crippen LogP contribution < -0.4 is 10.1 Å². The van der Waals surface area contributed by atoms with Crippen LogP contribution >= 0.6 is 11.8 Å². The summed E-state index contributed by atoms with van der Waals surface area (Å²) in [6, 6.07) is 8.15. The zero-order valence-corrected chi connectivity index (χ0v) is 13.3. The molecule has 0 radical (unpaired) electrons. The van der Waals surface area contributed by atoms with E-state index in [9.17, 15) is 0 Å². The molecule has 1 heterocycles. The van der Waals surface area contributed by atoms with Gasteiger partial charge in [-0.1, -0.05) is 30.8 Å². The first-order valence-electron chi connectivity index (χ1n) is 7.06. The molecule has 1 aromatic carbocycles. The first-order valence-corrected chi connectivity index (χ1v) is 8.04. The van der Waals surface area contributed by atoms with Crippen molar-refractivity contribution in [3.05, 3.63) is 29.8 Å². The number of aromatic nitrogens is 4. The second-order valence-electron chi connectivity index (χ2n) is 4.48. The monoisotopic (exact) mass is 307 g/mol. The molecule has 0 saturated heterocycles.